The first-order chi connectivity index (χ1) is 13.0. The van der Waals surface area contributed by atoms with Gasteiger partial charge in [-0.15, -0.1) is 0 Å². The van der Waals surface area contributed by atoms with Crippen LogP contribution in [0.15, 0.2) is 52.3 Å². The molecule has 2 aromatic rings. The van der Waals surface area contributed by atoms with Gasteiger partial charge in [0.25, 0.3) is 5.91 Å². The zero-order valence-electron chi connectivity index (χ0n) is 15.3. The molecule has 0 aromatic heterocycles. The molecule has 4 N–H and O–H groups in total. The molecular formula is C17H21N3O6S2. The van der Waals surface area contributed by atoms with Crippen molar-refractivity contribution in [3.05, 3.63) is 53.6 Å². The van der Waals surface area contributed by atoms with Gasteiger partial charge in [0, 0.05) is 18.7 Å². The smallest absolute Gasteiger partial charge is 0.251 e. The van der Waals surface area contributed by atoms with E-state index >= 15 is 0 Å². The van der Waals surface area contributed by atoms with Gasteiger partial charge in [0.2, 0.25) is 20.0 Å². The van der Waals surface area contributed by atoms with E-state index in [9.17, 15) is 21.6 Å². The van der Waals surface area contributed by atoms with Crippen molar-refractivity contribution >= 4 is 26.0 Å². The molecule has 0 unspecified atom stereocenters. The van der Waals surface area contributed by atoms with E-state index in [1.54, 1.807) is 12.1 Å². The van der Waals surface area contributed by atoms with E-state index in [0.29, 0.717) is 0 Å². The number of sulfonamides is 2. The maximum absolute atomic E-state index is 12.2. The maximum Gasteiger partial charge on any atom is 0.251 e. The van der Waals surface area contributed by atoms with Gasteiger partial charge in [-0.25, -0.2) is 26.7 Å². The fraction of sp³-hybridized carbons (Fsp3) is 0.235. The summed E-state index contributed by atoms with van der Waals surface area (Å²) in [7, 11) is -6.48. The monoisotopic (exact) mass is 427 g/mol. The zero-order valence-corrected chi connectivity index (χ0v) is 16.9. The summed E-state index contributed by atoms with van der Waals surface area (Å²) in [6, 6.07) is 10.1. The van der Waals surface area contributed by atoms with E-state index in [2.05, 4.69) is 10.0 Å². The molecule has 0 spiro atoms. The van der Waals surface area contributed by atoms with Crippen molar-refractivity contribution in [1.82, 2.24) is 10.0 Å². The largest absolute Gasteiger partial charge is 0.495 e. The van der Waals surface area contributed by atoms with Crippen LogP contribution >= 0.6 is 0 Å². The van der Waals surface area contributed by atoms with Gasteiger partial charge < -0.3 is 10.1 Å². The molecule has 0 bridgehead atoms. The lowest BCUT2D eigenvalue weighted by Gasteiger charge is -2.10. The number of carbonyl (C=O) groups is 1. The lowest BCUT2D eigenvalue weighted by Crippen LogP contribution is -2.34. The van der Waals surface area contributed by atoms with E-state index in [0.717, 1.165) is 11.6 Å². The SMILES string of the molecule is COc1ccc(C(=O)NCCNS(=O)(=O)c2ccc(C)cc2)cc1S(N)(=O)=O. The van der Waals surface area contributed by atoms with Gasteiger partial charge in [-0.2, -0.15) is 0 Å². The van der Waals surface area contributed by atoms with E-state index in [4.69, 9.17) is 9.88 Å². The number of hydrogen-bond acceptors (Lipinski definition) is 6. The van der Waals surface area contributed by atoms with Gasteiger partial charge in [0.1, 0.15) is 10.6 Å². The predicted molar refractivity (Wildman–Crippen MR) is 103 cm³/mol. The molecule has 0 saturated carbocycles. The number of aryl methyl sites for hydroxylation is 1. The van der Waals surface area contributed by atoms with E-state index in [1.165, 1.54) is 31.4 Å². The standard InChI is InChI=1S/C17H21N3O6S2/c1-12-3-6-14(7-4-12)28(24,25)20-10-9-19-17(21)13-5-8-15(26-2)16(11-13)27(18,22)23/h3-8,11,20H,9-10H2,1-2H3,(H,19,21)(H2,18,22,23). The maximum atomic E-state index is 12.2. The Morgan fingerprint density at radius 1 is 1.04 bits per heavy atom. The number of carbonyl (C=O) groups excluding carboxylic acids is 1. The fourth-order valence-electron chi connectivity index (χ4n) is 2.30. The molecule has 2 aromatic carbocycles. The summed E-state index contributed by atoms with van der Waals surface area (Å²) in [5.74, 6) is -0.563. The van der Waals surface area contributed by atoms with Gasteiger partial charge >= 0.3 is 0 Å². The second kappa shape index (κ2) is 8.69. The van der Waals surface area contributed by atoms with Crippen molar-refractivity contribution < 1.29 is 26.4 Å². The fourth-order valence-corrected chi connectivity index (χ4v) is 4.06. The first-order valence-corrected chi connectivity index (χ1v) is 11.1. The summed E-state index contributed by atoms with van der Waals surface area (Å²) in [6.07, 6.45) is 0. The molecule has 0 radical (unpaired) electrons. The number of methoxy groups -OCH3 is 1. The van der Waals surface area contributed by atoms with Crippen LogP contribution in [0.4, 0.5) is 0 Å². The summed E-state index contributed by atoms with van der Waals surface area (Å²) < 4.78 is 54.8. The molecule has 0 aliphatic heterocycles. The Morgan fingerprint density at radius 2 is 1.68 bits per heavy atom. The lowest BCUT2D eigenvalue weighted by molar-refractivity contribution is 0.0954. The summed E-state index contributed by atoms with van der Waals surface area (Å²) >= 11 is 0. The quantitative estimate of drug-likeness (QED) is 0.519. The van der Waals surface area contributed by atoms with Crippen LogP contribution in [0, 0.1) is 6.92 Å². The highest BCUT2D eigenvalue weighted by molar-refractivity contribution is 7.89. The summed E-state index contributed by atoms with van der Waals surface area (Å²) in [4.78, 5) is 12.0. The minimum Gasteiger partial charge on any atom is -0.495 e. The Morgan fingerprint density at radius 3 is 2.25 bits per heavy atom. The minimum atomic E-state index is -4.08. The van der Waals surface area contributed by atoms with Crippen LogP contribution in [-0.2, 0) is 20.0 Å². The van der Waals surface area contributed by atoms with Crippen LogP contribution < -0.4 is 19.9 Å². The molecule has 0 fully saturated rings. The third-order valence-electron chi connectivity index (χ3n) is 3.77. The van der Waals surface area contributed by atoms with Crippen LogP contribution in [-0.4, -0.2) is 42.9 Å². The molecule has 0 aliphatic carbocycles. The zero-order chi connectivity index (χ0) is 20.9. The summed E-state index contributed by atoms with van der Waals surface area (Å²) in [6.45, 7) is 1.81. The van der Waals surface area contributed by atoms with Crippen LogP contribution in [0.3, 0.4) is 0 Å². The second-order valence-corrected chi connectivity index (χ2v) is 9.17. The summed E-state index contributed by atoms with van der Waals surface area (Å²) in [5.41, 5.74) is 0.982. The number of ether oxygens (including phenoxy) is 1. The second-order valence-electron chi connectivity index (χ2n) is 5.88. The molecular weight excluding hydrogens is 406 g/mol. The normalized spacial score (nSPS) is 11.8. The average molecular weight is 428 g/mol. The van der Waals surface area contributed by atoms with Crippen molar-refractivity contribution in [2.45, 2.75) is 16.7 Å². The topological polar surface area (TPSA) is 145 Å². The third-order valence-corrected chi connectivity index (χ3v) is 6.18. The van der Waals surface area contributed by atoms with Crippen LogP contribution in [0.2, 0.25) is 0 Å². The molecule has 28 heavy (non-hydrogen) atoms. The van der Waals surface area contributed by atoms with Gasteiger partial charge in [-0.05, 0) is 37.3 Å². The molecule has 2 rings (SSSR count). The number of rotatable bonds is 8. The summed E-state index contributed by atoms with van der Waals surface area (Å²) in [5, 5.41) is 7.63. The molecule has 0 atom stereocenters. The first-order valence-electron chi connectivity index (χ1n) is 8.10. The molecule has 152 valence electrons. The first kappa shape index (κ1) is 21.8. The molecule has 11 heteroatoms. The van der Waals surface area contributed by atoms with Crippen molar-refractivity contribution in [1.29, 1.82) is 0 Å². The molecule has 0 aliphatic rings. The van der Waals surface area contributed by atoms with Crippen LogP contribution in [0.1, 0.15) is 15.9 Å². The van der Waals surface area contributed by atoms with Crippen molar-refractivity contribution in [3.8, 4) is 5.75 Å². The number of nitrogens with two attached hydrogens (primary N) is 1. The van der Waals surface area contributed by atoms with Crippen LogP contribution in [0.5, 0.6) is 5.75 Å². The van der Waals surface area contributed by atoms with Crippen LogP contribution in [0.25, 0.3) is 0 Å². The van der Waals surface area contributed by atoms with Crippen molar-refractivity contribution in [2.75, 3.05) is 20.2 Å². The van der Waals surface area contributed by atoms with E-state index in [-0.39, 0.29) is 34.2 Å². The molecule has 1 amide bonds. The molecule has 9 nitrogen and oxygen atoms in total. The van der Waals surface area contributed by atoms with Gasteiger partial charge in [0.15, 0.2) is 0 Å². The lowest BCUT2D eigenvalue weighted by atomic mass is 10.2. The Labute approximate surface area is 164 Å². The van der Waals surface area contributed by atoms with E-state index in [1.807, 2.05) is 6.92 Å². The van der Waals surface area contributed by atoms with E-state index < -0.39 is 26.0 Å². The average Bonchev–Trinajstić information content (AvgIpc) is 2.64. The van der Waals surface area contributed by atoms with Gasteiger partial charge in [-0.1, -0.05) is 17.7 Å². The highest BCUT2D eigenvalue weighted by Crippen LogP contribution is 2.23. The highest BCUT2D eigenvalue weighted by atomic mass is 32.2. The number of primary sulfonamides is 1. The Hall–Kier alpha value is -2.47. The predicted octanol–water partition coefficient (Wildman–Crippen LogP) is 0.359. The van der Waals surface area contributed by atoms with Gasteiger partial charge in [-0.3, -0.25) is 4.79 Å². The van der Waals surface area contributed by atoms with Gasteiger partial charge in [0.05, 0.1) is 12.0 Å². The third kappa shape index (κ3) is 5.52. The Bertz CT molecular complexity index is 1060. The molecule has 0 saturated heterocycles. The Balaban J connectivity index is 1.98. The minimum absolute atomic E-state index is 0.000657. The highest BCUT2D eigenvalue weighted by Gasteiger charge is 2.18. The van der Waals surface area contributed by atoms with Crippen molar-refractivity contribution in [2.24, 2.45) is 5.14 Å². The number of benzene rings is 2. The number of hydrogen-bond donors (Lipinski definition) is 3. The number of nitrogens with one attached hydrogen (secondary N) is 2. The Kier molecular flexibility index (Phi) is 6.77. The van der Waals surface area contributed by atoms with Crippen molar-refractivity contribution in [3.63, 3.8) is 0 Å². The number of amides is 1. The molecule has 0 heterocycles.